The molecule has 136 valence electrons. The first kappa shape index (κ1) is 17.0. The van der Waals surface area contributed by atoms with Crippen LogP contribution in [0.25, 0.3) is 11.0 Å². The molecular formula is C19H16N4O3S. The zero-order valence-electron chi connectivity index (χ0n) is 14.5. The van der Waals surface area contributed by atoms with Gasteiger partial charge < -0.3 is 9.47 Å². The van der Waals surface area contributed by atoms with Crippen LogP contribution in [0.4, 0.5) is 0 Å². The number of amides is 1. The van der Waals surface area contributed by atoms with Gasteiger partial charge in [-0.25, -0.2) is 14.6 Å². The van der Waals surface area contributed by atoms with E-state index in [1.807, 2.05) is 29.6 Å². The first-order valence-corrected chi connectivity index (χ1v) is 9.10. The summed E-state index contributed by atoms with van der Waals surface area (Å²) in [7, 11) is 1.54. The average molecular weight is 380 g/mol. The number of para-hydroxylation sites is 2. The second kappa shape index (κ2) is 7.46. The summed E-state index contributed by atoms with van der Waals surface area (Å²) in [5.41, 5.74) is 7.49. The summed E-state index contributed by atoms with van der Waals surface area (Å²) >= 11 is 1.51. The summed E-state index contributed by atoms with van der Waals surface area (Å²) in [6, 6.07) is 12.6. The highest BCUT2D eigenvalue weighted by atomic mass is 32.1. The molecule has 0 unspecified atom stereocenters. The van der Waals surface area contributed by atoms with Crippen LogP contribution < -0.4 is 14.9 Å². The Balaban J connectivity index is 1.51. The van der Waals surface area contributed by atoms with E-state index >= 15 is 0 Å². The normalized spacial score (nSPS) is 10.7. The number of carbonyl (C=O) groups is 1. The van der Waals surface area contributed by atoms with E-state index in [0.717, 1.165) is 16.7 Å². The largest absolute Gasteiger partial charge is 0.493 e. The van der Waals surface area contributed by atoms with E-state index in [1.54, 1.807) is 34.7 Å². The van der Waals surface area contributed by atoms with Gasteiger partial charge in [-0.15, -0.1) is 11.3 Å². The predicted molar refractivity (Wildman–Crippen MR) is 103 cm³/mol. The van der Waals surface area contributed by atoms with Crippen molar-refractivity contribution >= 4 is 28.3 Å². The van der Waals surface area contributed by atoms with Crippen LogP contribution in [0.15, 0.2) is 59.7 Å². The number of thiazole rings is 1. The Morgan fingerprint density at radius 3 is 2.89 bits per heavy atom. The van der Waals surface area contributed by atoms with Crippen molar-refractivity contribution < 1.29 is 14.3 Å². The number of imidazole rings is 1. The summed E-state index contributed by atoms with van der Waals surface area (Å²) in [6.07, 6.45) is 1.57. The number of aromatic nitrogens is 3. The van der Waals surface area contributed by atoms with Gasteiger partial charge in [-0.3, -0.25) is 10.2 Å². The summed E-state index contributed by atoms with van der Waals surface area (Å²) in [5, 5.41) is 1.92. The van der Waals surface area contributed by atoms with Gasteiger partial charge in [0.15, 0.2) is 11.5 Å². The first-order chi connectivity index (χ1) is 13.2. The van der Waals surface area contributed by atoms with Crippen LogP contribution in [0.1, 0.15) is 16.1 Å². The number of benzene rings is 2. The van der Waals surface area contributed by atoms with Crippen molar-refractivity contribution in [2.75, 3.05) is 12.5 Å². The quantitative estimate of drug-likeness (QED) is 0.554. The second-order valence-electron chi connectivity index (χ2n) is 5.68. The van der Waals surface area contributed by atoms with Gasteiger partial charge in [-0.05, 0) is 30.3 Å². The fraction of sp³-hybridized carbons (Fsp3) is 0.105. The molecule has 7 nitrogen and oxygen atoms in total. The van der Waals surface area contributed by atoms with Crippen LogP contribution in [0, 0.1) is 0 Å². The van der Waals surface area contributed by atoms with Crippen LogP contribution >= 0.6 is 11.3 Å². The number of nitrogens with zero attached hydrogens (tertiary/aromatic N) is 3. The molecule has 2 heterocycles. The molecule has 2 aromatic carbocycles. The fourth-order valence-corrected chi connectivity index (χ4v) is 3.15. The summed E-state index contributed by atoms with van der Waals surface area (Å²) < 4.78 is 12.7. The van der Waals surface area contributed by atoms with Crippen molar-refractivity contribution in [2.45, 2.75) is 6.61 Å². The molecule has 0 aliphatic heterocycles. The Bertz CT molecular complexity index is 1080. The third-order valence-electron chi connectivity index (χ3n) is 3.96. The molecule has 27 heavy (non-hydrogen) atoms. The SMILES string of the molecule is COc1cc(C(=O)Nn2cnc3ccccc32)ccc1OCc1cscn1. The minimum Gasteiger partial charge on any atom is -0.493 e. The maximum absolute atomic E-state index is 12.6. The number of hydrogen-bond donors (Lipinski definition) is 1. The van der Waals surface area contributed by atoms with Crippen molar-refractivity contribution in [1.29, 1.82) is 0 Å². The van der Waals surface area contributed by atoms with Crippen molar-refractivity contribution in [3.63, 3.8) is 0 Å². The first-order valence-electron chi connectivity index (χ1n) is 8.16. The van der Waals surface area contributed by atoms with E-state index in [0.29, 0.717) is 23.7 Å². The van der Waals surface area contributed by atoms with Gasteiger partial charge in [0.2, 0.25) is 0 Å². The number of ether oxygens (including phenoxy) is 2. The zero-order valence-corrected chi connectivity index (χ0v) is 15.3. The summed E-state index contributed by atoms with van der Waals surface area (Å²) in [6.45, 7) is 0.340. The Morgan fingerprint density at radius 2 is 2.07 bits per heavy atom. The van der Waals surface area contributed by atoms with Crippen LogP contribution in [0.2, 0.25) is 0 Å². The minimum absolute atomic E-state index is 0.275. The minimum atomic E-state index is -0.275. The van der Waals surface area contributed by atoms with Gasteiger partial charge in [0, 0.05) is 10.9 Å². The number of carbonyl (C=O) groups excluding carboxylic acids is 1. The van der Waals surface area contributed by atoms with Crippen molar-refractivity contribution in [1.82, 2.24) is 14.6 Å². The van der Waals surface area contributed by atoms with E-state index in [1.165, 1.54) is 18.4 Å². The van der Waals surface area contributed by atoms with Gasteiger partial charge >= 0.3 is 0 Å². The van der Waals surface area contributed by atoms with Gasteiger partial charge in [-0.2, -0.15) is 0 Å². The van der Waals surface area contributed by atoms with Crippen LogP contribution in [0.3, 0.4) is 0 Å². The van der Waals surface area contributed by atoms with Gasteiger partial charge in [0.05, 0.1) is 29.3 Å². The molecular weight excluding hydrogens is 364 g/mol. The second-order valence-corrected chi connectivity index (χ2v) is 6.40. The Morgan fingerprint density at radius 1 is 1.19 bits per heavy atom. The molecule has 0 atom stereocenters. The lowest BCUT2D eigenvalue weighted by Crippen LogP contribution is -2.22. The number of methoxy groups -OCH3 is 1. The topological polar surface area (TPSA) is 78.3 Å². The van der Waals surface area contributed by atoms with Crippen LogP contribution in [-0.2, 0) is 6.61 Å². The van der Waals surface area contributed by atoms with E-state index in [-0.39, 0.29) is 5.91 Å². The summed E-state index contributed by atoms with van der Waals surface area (Å²) in [4.78, 5) is 21.1. The Hall–Kier alpha value is -3.39. The van der Waals surface area contributed by atoms with E-state index in [4.69, 9.17) is 9.47 Å². The molecule has 0 fully saturated rings. The monoisotopic (exact) mass is 380 g/mol. The molecule has 8 heteroatoms. The zero-order chi connectivity index (χ0) is 18.6. The van der Waals surface area contributed by atoms with E-state index in [9.17, 15) is 4.79 Å². The predicted octanol–water partition coefficient (Wildman–Crippen LogP) is 3.46. The summed E-state index contributed by atoms with van der Waals surface area (Å²) in [5.74, 6) is 0.756. The highest BCUT2D eigenvalue weighted by molar-refractivity contribution is 7.07. The van der Waals surface area contributed by atoms with Crippen molar-refractivity contribution in [3.05, 3.63) is 70.9 Å². The molecule has 0 bridgehead atoms. The molecule has 0 aliphatic carbocycles. The maximum atomic E-state index is 12.6. The lowest BCUT2D eigenvalue weighted by atomic mass is 10.2. The van der Waals surface area contributed by atoms with Gasteiger partial charge in [-0.1, -0.05) is 12.1 Å². The standard InChI is InChI=1S/C19H16N4O3S/c1-25-18-8-13(6-7-17(18)26-9-14-10-27-12-21-14)19(24)22-23-11-20-15-4-2-3-5-16(15)23/h2-8,10-12H,9H2,1H3,(H,22,24). The fourth-order valence-electron chi connectivity index (χ4n) is 2.61. The third kappa shape index (κ3) is 3.61. The lowest BCUT2D eigenvalue weighted by molar-refractivity contribution is 0.101. The molecule has 0 saturated heterocycles. The molecule has 0 radical (unpaired) electrons. The average Bonchev–Trinajstić information content (AvgIpc) is 3.36. The van der Waals surface area contributed by atoms with Crippen molar-refractivity contribution in [2.24, 2.45) is 0 Å². The maximum Gasteiger partial charge on any atom is 0.270 e. The van der Waals surface area contributed by atoms with E-state index < -0.39 is 0 Å². The molecule has 0 spiro atoms. The smallest absolute Gasteiger partial charge is 0.270 e. The van der Waals surface area contributed by atoms with E-state index in [2.05, 4.69) is 15.4 Å². The molecule has 2 aromatic heterocycles. The molecule has 4 rings (SSSR count). The number of nitrogens with one attached hydrogen (secondary N) is 1. The molecule has 1 amide bonds. The molecule has 0 saturated carbocycles. The lowest BCUT2D eigenvalue weighted by Gasteiger charge is -2.12. The number of hydrogen-bond acceptors (Lipinski definition) is 6. The highest BCUT2D eigenvalue weighted by Crippen LogP contribution is 2.29. The highest BCUT2D eigenvalue weighted by Gasteiger charge is 2.13. The number of rotatable bonds is 6. The Kier molecular flexibility index (Phi) is 4.71. The Labute approximate surface area is 159 Å². The van der Waals surface area contributed by atoms with Crippen molar-refractivity contribution in [3.8, 4) is 11.5 Å². The molecule has 0 aliphatic rings. The van der Waals surface area contributed by atoms with Crippen LogP contribution in [0.5, 0.6) is 11.5 Å². The third-order valence-corrected chi connectivity index (χ3v) is 4.60. The molecule has 4 aromatic rings. The van der Waals surface area contributed by atoms with Crippen LogP contribution in [-0.4, -0.2) is 27.7 Å². The molecule has 1 N–H and O–H groups in total. The van der Waals surface area contributed by atoms with Gasteiger partial charge in [0.25, 0.3) is 5.91 Å². The van der Waals surface area contributed by atoms with Gasteiger partial charge in [0.1, 0.15) is 12.9 Å². The number of fused-ring (bicyclic) bond motifs is 1.